The van der Waals surface area contributed by atoms with Gasteiger partial charge in [0.1, 0.15) is 23.6 Å². The molecule has 29 heavy (non-hydrogen) atoms. The topological polar surface area (TPSA) is 110 Å². The lowest BCUT2D eigenvalue weighted by Crippen LogP contribution is -2.63. The second-order valence-corrected chi connectivity index (χ2v) is 8.63. The molecule has 0 saturated heterocycles. The molecule has 1 aromatic carbocycles. The molecule has 1 atom stereocenters. The summed E-state index contributed by atoms with van der Waals surface area (Å²) in [4.78, 5) is 28.8. The predicted octanol–water partition coefficient (Wildman–Crippen LogP) is 3.65. The van der Waals surface area contributed by atoms with Gasteiger partial charge in [0.25, 0.3) is 0 Å². The van der Waals surface area contributed by atoms with Crippen molar-refractivity contribution in [2.75, 3.05) is 6.54 Å². The van der Waals surface area contributed by atoms with Gasteiger partial charge in [-0.25, -0.2) is 14.0 Å². The Labute approximate surface area is 175 Å². The molecule has 156 valence electrons. The fourth-order valence-corrected chi connectivity index (χ4v) is 4.45. The van der Waals surface area contributed by atoms with Crippen molar-refractivity contribution >= 4 is 28.1 Å². The summed E-state index contributed by atoms with van der Waals surface area (Å²) in [6.45, 7) is 6.82. The van der Waals surface area contributed by atoms with Crippen molar-refractivity contribution in [2.24, 2.45) is 11.5 Å². The van der Waals surface area contributed by atoms with Crippen LogP contribution >= 0.6 is 15.9 Å². The highest BCUT2D eigenvalue weighted by atomic mass is 79.9. The first-order valence-electron chi connectivity index (χ1n) is 8.95. The van der Waals surface area contributed by atoms with Gasteiger partial charge in [0.05, 0.1) is 16.7 Å². The van der Waals surface area contributed by atoms with Crippen LogP contribution in [-0.2, 0) is 17.9 Å². The average Bonchev–Trinajstić information content (AvgIpc) is 2.84. The van der Waals surface area contributed by atoms with Crippen molar-refractivity contribution < 1.29 is 28.2 Å². The number of benzene rings is 1. The Morgan fingerprint density at radius 2 is 1.93 bits per heavy atom. The van der Waals surface area contributed by atoms with Crippen LogP contribution < -0.4 is 16.2 Å². The summed E-state index contributed by atoms with van der Waals surface area (Å²) >= 11 is 3.55. The highest BCUT2D eigenvalue weighted by molar-refractivity contribution is 9.10. The number of primary amides is 2. The Balaban J connectivity index is 2.22. The van der Waals surface area contributed by atoms with Crippen molar-refractivity contribution in [3.8, 4) is 16.9 Å². The van der Waals surface area contributed by atoms with E-state index in [1.54, 1.807) is 12.1 Å². The number of amides is 2. The fraction of sp³-hybridized carbons (Fsp3) is 0.368. The summed E-state index contributed by atoms with van der Waals surface area (Å²) in [6, 6.07) is 5.93. The smallest absolute Gasteiger partial charge is 0.408 e. The number of quaternary nitrogens is 1. The number of aromatic nitrogens is 1. The van der Waals surface area contributed by atoms with Gasteiger partial charge >= 0.3 is 12.2 Å². The molecule has 0 saturated carbocycles. The van der Waals surface area contributed by atoms with Crippen LogP contribution in [0.25, 0.3) is 11.1 Å². The molecule has 2 amide bonds. The number of nitrogens with zero attached hydrogens (tertiary/aromatic N) is 2. The first-order chi connectivity index (χ1) is 13.4. The van der Waals surface area contributed by atoms with Crippen molar-refractivity contribution in [1.29, 1.82) is 0 Å². The van der Waals surface area contributed by atoms with E-state index >= 15 is 0 Å². The third-order valence-electron chi connectivity index (χ3n) is 5.15. The first-order valence-corrected chi connectivity index (χ1v) is 9.75. The van der Waals surface area contributed by atoms with Gasteiger partial charge in [-0.1, -0.05) is 12.1 Å². The number of carbonyl (C=O) groups excluding carboxylic acids is 2. The lowest BCUT2D eigenvalue weighted by Gasteiger charge is -2.46. The zero-order valence-electron chi connectivity index (χ0n) is 16.4. The van der Waals surface area contributed by atoms with Gasteiger partial charge in [-0.15, -0.1) is 4.65 Å². The van der Waals surface area contributed by atoms with Gasteiger partial charge in [-0.05, 0) is 54.4 Å². The molecule has 1 aliphatic rings. The highest BCUT2D eigenvalue weighted by Crippen LogP contribution is 2.46. The summed E-state index contributed by atoms with van der Waals surface area (Å²) in [5.74, 6) is -0.241. The van der Waals surface area contributed by atoms with Gasteiger partial charge in [0.2, 0.25) is 0 Å². The van der Waals surface area contributed by atoms with E-state index in [9.17, 15) is 14.0 Å². The summed E-state index contributed by atoms with van der Waals surface area (Å²) < 4.78 is 21.6. The van der Waals surface area contributed by atoms with Crippen LogP contribution in [0.1, 0.15) is 26.5 Å². The van der Waals surface area contributed by atoms with Gasteiger partial charge in [-0.2, -0.15) is 0 Å². The number of carbonyl (C=O) groups is 2. The van der Waals surface area contributed by atoms with E-state index in [0.717, 1.165) is 0 Å². The molecule has 2 heterocycles. The normalized spacial score (nSPS) is 18.8. The van der Waals surface area contributed by atoms with Crippen molar-refractivity contribution in [3.63, 3.8) is 0 Å². The van der Waals surface area contributed by atoms with E-state index in [0.29, 0.717) is 34.5 Å². The molecular weight excluding hydrogens is 447 g/mol. The molecule has 8 nitrogen and oxygen atoms in total. The van der Waals surface area contributed by atoms with Crippen LogP contribution in [0.5, 0.6) is 5.75 Å². The summed E-state index contributed by atoms with van der Waals surface area (Å²) in [6.07, 6.45) is -1.90. The van der Waals surface area contributed by atoms with Crippen molar-refractivity contribution in [3.05, 3.63) is 40.4 Å². The third-order valence-corrected chi connectivity index (χ3v) is 5.98. The molecule has 3 rings (SSSR count). The standard InChI is InChI=1S/C19H22BrFN4O4/c1-19(2,3)25(29-18(23)27)8-7-24-13(10-25)15(28-17(22)26)14(16(24)20)11-5-4-6-12(21)9-11/h4-6,9H,7-8,10H2,1-3H3,(H3-,22,23,26,27)/p+1. The number of hydrogen-bond acceptors (Lipinski definition) is 4. The Bertz CT molecular complexity index is 985. The molecule has 0 spiro atoms. The number of ether oxygens (including phenoxy) is 1. The maximum atomic E-state index is 13.9. The Morgan fingerprint density at radius 1 is 1.24 bits per heavy atom. The minimum atomic E-state index is -1.00. The first kappa shape index (κ1) is 21.1. The maximum Gasteiger partial charge on any atom is 0.459 e. The van der Waals surface area contributed by atoms with E-state index in [1.165, 1.54) is 12.1 Å². The monoisotopic (exact) mass is 469 g/mol. The SMILES string of the molecule is CC(C)(C)[N+]1(OC(N)=O)CCn2c(Br)c(-c3cccc(F)c3)c(OC(N)=O)c2C1. The molecule has 0 radical (unpaired) electrons. The highest BCUT2D eigenvalue weighted by Gasteiger charge is 2.50. The number of halogens is 2. The van der Waals surface area contributed by atoms with Crippen LogP contribution in [0.2, 0.25) is 0 Å². The molecule has 1 unspecified atom stereocenters. The van der Waals surface area contributed by atoms with Gasteiger partial charge in [-0.3, -0.25) is 4.84 Å². The van der Waals surface area contributed by atoms with Crippen LogP contribution in [0.15, 0.2) is 28.9 Å². The zero-order chi connectivity index (χ0) is 21.6. The second kappa shape index (κ2) is 7.34. The van der Waals surface area contributed by atoms with Crippen molar-refractivity contribution in [2.45, 2.75) is 39.4 Å². The lowest BCUT2D eigenvalue weighted by atomic mass is 10.0. The van der Waals surface area contributed by atoms with Gasteiger partial charge < -0.3 is 20.8 Å². The number of hydrogen-bond donors (Lipinski definition) is 2. The molecule has 2 aromatic rings. The summed E-state index contributed by atoms with van der Waals surface area (Å²) in [5, 5.41) is 0. The molecule has 10 heteroatoms. The molecule has 0 aliphatic carbocycles. The lowest BCUT2D eigenvalue weighted by molar-refractivity contribution is -1.13. The Kier molecular flexibility index (Phi) is 5.35. The molecule has 0 bridgehead atoms. The van der Waals surface area contributed by atoms with E-state index in [-0.39, 0.29) is 16.9 Å². The zero-order valence-corrected chi connectivity index (χ0v) is 18.0. The van der Waals surface area contributed by atoms with Crippen LogP contribution in [0.4, 0.5) is 14.0 Å². The maximum absolute atomic E-state index is 13.9. The predicted molar refractivity (Wildman–Crippen MR) is 107 cm³/mol. The quantitative estimate of drug-likeness (QED) is 0.668. The minimum Gasteiger partial charge on any atom is -0.408 e. The number of rotatable bonds is 3. The van der Waals surface area contributed by atoms with Crippen LogP contribution in [0.3, 0.4) is 0 Å². The molecule has 4 N–H and O–H groups in total. The third kappa shape index (κ3) is 3.82. The molecule has 1 aliphatic heterocycles. The van der Waals surface area contributed by atoms with Crippen LogP contribution in [0, 0.1) is 5.82 Å². The van der Waals surface area contributed by atoms with E-state index in [4.69, 9.17) is 21.0 Å². The number of nitrogens with two attached hydrogens (primary N) is 2. The van der Waals surface area contributed by atoms with Crippen LogP contribution in [-0.4, -0.2) is 33.5 Å². The van der Waals surface area contributed by atoms with E-state index in [2.05, 4.69) is 15.9 Å². The molecule has 1 aromatic heterocycles. The van der Waals surface area contributed by atoms with Gasteiger partial charge in [0.15, 0.2) is 12.3 Å². The minimum absolute atomic E-state index is 0.101. The van der Waals surface area contributed by atoms with E-state index < -0.39 is 23.5 Å². The molecular formula is C19H23BrFN4O4+. The average molecular weight is 470 g/mol. The summed E-state index contributed by atoms with van der Waals surface area (Å²) in [5.41, 5.74) is 11.7. The fourth-order valence-electron chi connectivity index (χ4n) is 3.65. The van der Waals surface area contributed by atoms with Crippen molar-refractivity contribution in [1.82, 2.24) is 4.57 Å². The number of fused-ring (bicyclic) bond motifs is 1. The Morgan fingerprint density at radius 3 is 2.48 bits per heavy atom. The summed E-state index contributed by atoms with van der Waals surface area (Å²) in [7, 11) is 0. The number of hydroxylamine groups is 3. The largest absolute Gasteiger partial charge is 0.459 e. The van der Waals surface area contributed by atoms with E-state index in [1.807, 2.05) is 25.3 Å². The second-order valence-electron chi connectivity index (χ2n) is 7.88. The van der Waals surface area contributed by atoms with Gasteiger partial charge in [0, 0.05) is 0 Å². The Hall–Kier alpha value is -2.59. The molecule has 0 fully saturated rings.